The van der Waals surface area contributed by atoms with Gasteiger partial charge in [-0.25, -0.2) is 4.98 Å². The zero-order valence-corrected chi connectivity index (χ0v) is 13.2. The first-order chi connectivity index (χ1) is 10.2. The molecule has 2 heterocycles. The van der Waals surface area contributed by atoms with Crippen LogP contribution in [0.25, 0.3) is 11.3 Å². The van der Waals surface area contributed by atoms with Gasteiger partial charge in [0.25, 0.3) is 0 Å². The van der Waals surface area contributed by atoms with Crippen molar-refractivity contribution in [2.75, 3.05) is 19.6 Å². The largest absolute Gasteiger partial charge is 0.391 e. The molecular weight excluding hydrogens is 332 g/mol. The molecule has 0 saturated carbocycles. The van der Waals surface area contributed by atoms with Crippen molar-refractivity contribution in [2.24, 2.45) is 5.92 Å². The van der Waals surface area contributed by atoms with Crippen molar-refractivity contribution in [3.63, 3.8) is 0 Å². The summed E-state index contributed by atoms with van der Waals surface area (Å²) in [5.41, 5.74) is 2.12. The van der Waals surface area contributed by atoms with Crippen LogP contribution in [0.2, 0.25) is 0 Å². The maximum Gasteiger partial charge on any atom is 0.120 e. The Morgan fingerprint density at radius 1 is 1.38 bits per heavy atom. The Bertz CT molecular complexity index is 601. The van der Waals surface area contributed by atoms with Crippen LogP contribution in [0.3, 0.4) is 0 Å². The van der Waals surface area contributed by atoms with Gasteiger partial charge in [0.05, 0.1) is 24.5 Å². The van der Waals surface area contributed by atoms with Crippen LogP contribution in [0.5, 0.6) is 0 Å². The van der Waals surface area contributed by atoms with Gasteiger partial charge in [-0.05, 0) is 12.1 Å². The van der Waals surface area contributed by atoms with E-state index in [0.717, 1.165) is 34.6 Å². The smallest absolute Gasteiger partial charge is 0.120 e. The lowest BCUT2D eigenvalue weighted by Gasteiger charge is -2.13. The van der Waals surface area contributed by atoms with Gasteiger partial charge in [0.1, 0.15) is 5.82 Å². The van der Waals surface area contributed by atoms with Gasteiger partial charge in [0, 0.05) is 35.6 Å². The molecule has 1 aliphatic heterocycles. The summed E-state index contributed by atoms with van der Waals surface area (Å²) < 4.78 is 1.05. The van der Waals surface area contributed by atoms with E-state index in [1.165, 1.54) is 0 Å². The number of aromatic amines is 1. The van der Waals surface area contributed by atoms with Crippen molar-refractivity contribution >= 4 is 15.9 Å². The Morgan fingerprint density at radius 2 is 2.29 bits per heavy atom. The van der Waals surface area contributed by atoms with E-state index < -0.39 is 0 Å². The molecule has 0 radical (unpaired) electrons. The molecule has 1 aromatic carbocycles. The van der Waals surface area contributed by atoms with Crippen molar-refractivity contribution in [1.82, 2.24) is 20.6 Å². The molecule has 21 heavy (non-hydrogen) atoms. The molecule has 3 rings (SSSR count). The second kappa shape index (κ2) is 6.70. The summed E-state index contributed by atoms with van der Waals surface area (Å²) in [5, 5.41) is 16.3. The van der Waals surface area contributed by atoms with Crippen LogP contribution < -0.4 is 10.6 Å². The molecule has 2 unspecified atom stereocenters. The number of benzene rings is 1. The minimum atomic E-state index is -0.244. The molecule has 5 nitrogen and oxygen atoms in total. The maximum absolute atomic E-state index is 9.73. The van der Waals surface area contributed by atoms with Crippen LogP contribution >= 0.6 is 15.9 Å². The molecule has 1 aliphatic rings. The van der Waals surface area contributed by atoms with E-state index in [0.29, 0.717) is 13.1 Å². The predicted octanol–water partition coefficient (Wildman–Crippen LogP) is 1.51. The molecule has 4 N–H and O–H groups in total. The van der Waals surface area contributed by atoms with E-state index in [2.05, 4.69) is 48.7 Å². The van der Waals surface area contributed by atoms with Gasteiger partial charge in [-0.1, -0.05) is 28.1 Å². The molecule has 0 aliphatic carbocycles. The van der Waals surface area contributed by atoms with Crippen molar-refractivity contribution in [1.29, 1.82) is 0 Å². The lowest BCUT2D eigenvalue weighted by molar-refractivity contribution is 0.146. The van der Waals surface area contributed by atoms with Gasteiger partial charge >= 0.3 is 0 Å². The standard InChI is InChI=1S/C15H19BrN4O/c16-12-3-1-2-10(4-12)13-7-19-15(20-13)9-18-6-11-5-17-8-14(11)21/h1-4,7,11,14,17-18,21H,5-6,8-9H2,(H,19,20). The van der Waals surface area contributed by atoms with Crippen LogP contribution in [0.4, 0.5) is 0 Å². The molecule has 1 aromatic heterocycles. The average Bonchev–Trinajstić information content (AvgIpc) is 3.09. The fourth-order valence-corrected chi connectivity index (χ4v) is 2.96. The van der Waals surface area contributed by atoms with Gasteiger partial charge in [-0.15, -0.1) is 0 Å². The monoisotopic (exact) mass is 350 g/mol. The van der Waals surface area contributed by atoms with E-state index in [9.17, 15) is 5.11 Å². The predicted molar refractivity (Wildman–Crippen MR) is 85.8 cm³/mol. The van der Waals surface area contributed by atoms with Crippen molar-refractivity contribution in [2.45, 2.75) is 12.6 Å². The highest BCUT2D eigenvalue weighted by Crippen LogP contribution is 2.21. The highest BCUT2D eigenvalue weighted by Gasteiger charge is 2.24. The first-order valence-electron chi connectivity index (χ1n) is 7.11. The highest BCUT2D eigenvalue weighted by molar-refractivity contribution is 9.10. The van der Waals surface area contributed by atoms with Gasteiger partial charge in [0.15, 0.2) is 0 Å². The Morgan fingerprint density at radius 3 is 3.05 bits per heavy atom. The molecule has 2 aromatic rings. The Kier molecular flexibility index (Phi) is 4.70. The average molecular weight is 351 g/mol. The lowest BCUT2D eigenvalue weighted by atomic mass is 10.1. The number of H-pyrrole nitrogens is 1. The first-order valence-corrected chi connectivity index (χ1v) is 7.91. The summed E-state index contributed by atoms with van der Waals surface area (Å²) >= 11 is 3.48. The van der Waals surface area contributed by atoms with Crippen LogP contribution in [-0.2, 0) is 6.54 Å². The molecule has 0 bridgehead atoms. The van der Waals surface area contributed by atoms with Gasteiger partial charge in [-0.3, -0.25) is 0 Å². The molecule has 1 saturated heterocycles. The second-order valence-corrected chi connectivity index (χ2v) is 6.29. The van der Waals surface area contributed by atoms with E-state index >= 15 is 0 Å². The molecule has 2 atom stereocenters. The highest BCUT2D eigenvalue weighted by atomic mass is 79.9. The van der Waals surface area contributed by atoms with Crippen LogP contribution in [0.15, 0.2) is 34.9 Å². The van der Waals surface area contributed by atoms with Crippen molar-refractivity contribution < 1.29 is 5.11 Å². The molecule has 6 heteroatoms. The topological polar surface area (TPSA) is 73.0 Å². The summed E-state index contributed by atoms with van der Waals surface area (Å²) in [5.74, 6) is 1.19. The first kappa shape index (κ1) is 14.7. The third-order valence-corrected chi connectivity index (χ3v) is 4.26. The molecule has 0 spiro atoms. The summed E-state index contributed by atoms with van der Waals surface area (Å²) in [6, 6.07) is 8.12. The zero-order valence-electron chi connectivity index (χ0n) is 11.6. The zero-order chi connectivity index (χ0) is 14.7. The molecule has 112 valence electrons. The number of aliphatic hydroxyl groups excluding tert-OH is 1. The van der Waals surface area contributed by atoms with Gasteiger partial charge in [0.2, 0.25) is 0 Å². The van der Waals surface area contributed by atoms with Gasteiger partial charge < -0.3 is 20.7 Å². The van der Waals surface area contributed by atoms with Gasteiger partial charge in [-0.2, -0.15) is 0 Å². The number of β-amino-alcohol motifs (C(OH)–C–C–N with tert-alkyl or cyclic N) is 1. The third kappa shape index (κ3) is 3.71. The van der Waals surface area contributed by atoms with E-state index in [-0.39, 0.29) is 12.0 Å². The summed E-state index contributed by atoms with van der Waals surface area (Å²) in [6.45, 7) is 3.04. The number of halogens is 1. The molecule has 1 fully saturated rings. The Labute approximate surface area is 132 Å². The maximum atomic E-state index is 9.73. The lowest BCUT2D eigenvalue weighted by Crippen LogP contribution is -2.30. The number of nitrogens with zero attached hydrogens (tertiary/aromatic N) is 1. The fraction of sp³-hybridized carbons (Fsp3) is 0.400. The van der Waals surface area contributed by atoms with E-state index in [4.69, 9.17) is 0 Å². The number of imidazole rings is 1. The number of nitrogens with one attached hydrogen (secondary N) is 3. The SMILES string of the molecule is OC1CNCC1CNCc1ncc(-c2cccc(Br)c2)[nH]1. The minimum Gasteiger partial charge on any atom is -0.391 e. The van der Waals surface area contributed by atoms with Crippen LogP contribution in [0, 0.1) is 5.92 Å². The van der Waals surface area contributed by atoms with Crippen LogP contribution in [-0.4, -0.2) is 40.8 Å². The number of hydrogen-bond donors (Lipinski definition) is 4. The Balaban J connectivity index is 1.55. The Hall–Kier alpha value is -1.21. The third-order valence-electron chi connectivity index (χ3n) is 3.77. The number of aliphatic hydroxyl groups is 1. The van der Waals surface area contributed by atoms with E-state index in [1.54, 1.807) is 0 Å². The summed E-state index contributed by atoms with van der Waals surface area (Å²) in [6.07, 6.45) is 1.61. The summed E-state index contributed by atoms with van der Waals surface area (Å²) in [4.78, 5) is 7.71. The number of hydrogen-bond acceptors (Lipinski definition) is 4. The fourth-order valence-electron chi connectivity index (χ4n) is 2.56. The van der Waals surface area contributed by atoms with Crippen molar-refractivity contribution in [3.05, 3.63) is 40.8 Å². The minimum absolute atomic E-state index is 0.244. The normalized spacial score (nSPS) is 21.8. The van der Waals surface area contributed by atoms with Crippen LogP contribution in [0.1, 0.15) is 5.82 Å². The number of rotatable bonds is 5. The molecular formula is C15H19BrN4O. The molecule has 0 amide bonds. The second-order valence-electron chi connectivity index (χ2n) is 5.37. The summed E-state index contributed by atoms with van der Waals surface area (Å²) in [7, 11) is 0. The quantitative estimate of drug-likeness (QED) is 0.659. The number of aromatic nitrogens is 2. The van der Waals surface area contributed by atoms with E-state index in [1.807, 2.05) is 18.3 Å². The van der Waals surface area contributed by atoms with Crippen molar-refractivity contribution in [3.8, 4) is 11.3 Å².